The van der Waals surface area contributed by atoms with Crippen LogP contribution in [0.3, 0.4) is 0 Å². The molecule has 5 heteroatoms. The average molecular weight is 355 g/mol. The van der Waals surface area contributed by atoms with Gasteiger partial charge in [-0.1, -0.05) is 35.9 Å². The zero-order chi connectivity index (χ0) is 18.0. The second-order valence-corrected chi connectivity index (χ2v) is 6.31. The van der Waals surface area contributed by atoms with Gasteiger partial charge in [0.2, 0.25) is 0 Å². The van der Waals surface area contributed by atoms with Gasteiger partial charge < -0.3 is 10.1 Å². The number of pyridine rings is 1. The van der Waals surface area contributed by atoms with Crippen LogP contribution in [0.4, 0.5) is 0 Å². The SMILES string of the molecule is COC(=O)c1cccnc1C1=C(C)NC(C)=CC1c1ccccc1Cl. The molecule has 0 bridgehead atoms. The Balaban J connectivity index is 2.21. The highest BCUT2D eigenvalue weighted by Gasteiger charge is 2.28. The summed E-state index contributed by atoms with van der Waals surface area (Å²) in [6.07, 6.45) is 3.77. The van der Waals surface area contributed by atoms with Gasteiger partial charge in [0, 0.05) is 34.1 Å². The summed E-state index contributed by atoms with van der Waals surface area (Å²) in [7, 11) is 1.37. The number of nitrogens with zero attached hydrogens (tertiary/aromatic N) is 1. The van der Waals surface area contributed by atoms with Crippen molar-refractivity contribution in [3.05, 3.63) is 81.9 Å². The quantitative estimate of drug-likeness (QED) is 0.822. The van der Waals surface area contributed by atoms with Crippen molar-refractivity contribution < 1.29 is 9.53 Å². The number of ether oxygens (including phenoxy) is 1. The minimum Gasteiger partial charge on any atom is -0.465 e. The normalized spacial score (nSPS) is 17.0. The first-order chi connectivity index (χ1) is 12.0. The molecule has 0 fully saturated rings. The number of allylic oxidation sites excluding steroid dienone is 4. The summed E-state index contributed by atoms with van der Waals surface area (Å²) in [6.45, 7) is 3.98. The van der Waals surface area contributed by atoms with Crippen molar-refractivity contribution in [1.82, 2.24) is 10.3 Å². The van der Waals surface area contributed by atoms with E-state index in [1.165, 1.54) is 7.11 Å². The van der Waals surface area contributed by atoms with Crippen LogP contribution in [0.25, 0.3) is 5.57 Å². The van der Waals surface area contributed by atoms with Gasteiger partial charge in [0.25, 0.3) is 0 Å². The molecular formula is C20H19ClN2O2. The molecule has 1 aliphatic heterocycles. The highest BCUT2D eigenvalue weighted by molar-refractivity contribution is 6.31. The van der Waals surface area contributed by atoms with E-state index in [2.05, 4.69) is 16.4 Å². The van der Waals surface area contributed by atoms with Crippen molar-refractivity contribution in [3.63, 3.8) is 0 Å². The number of hydrogen-bond donors (Lipinski definition) is 1. The molecule has 1 N–H and O–H groups in total. The van der Waals surface area contributed by atoms with Gasteiger partial charge in [-0.05, 0) is 37.6 Å². The molecule has 2 heterocycles. The Hall–Kier alpha value is -2.59. The van der Waals surface area contributed by atoms with Gasteiger partial charge in [0.05, 0.1) is 18.4 Å². The Kier molecular flexibility index (Phi) is 4.91. The molecule has 0 saturated heterocycles. The van der Waals surface area contributed by atoms with Crippen LogP contribution >= 0.6 is 11.6 Å². The lowest BCUT2D eigenvalue weighted by atomic mass is 9.83. The number of methoxy groups -OCH3 is 1. The minimum absolute atomic E-state index is 0.103. The number of rotatable bonds is 3. The molecular weight excluding hydrogens is 336 g/mol. The topological polar surface area (TPSA) is 51.2 Å². The molecule has 0 spiro atoms. The van der Waals surface area contributed by atoms with Gasteiger partial charge in [-0.15, -0.1) is 0 Å². The summed E-state index contributed by atoms with van der Waals surface area (Å²) in [5.41, 5.74) is 4.90. The summed E-state index contributed by atoms with van der Waals surface area (Å²) in [5, 5.41) is 4.02. The Bertz CT molecular complexity index is 887. The lowest BCUT2D eigenvalue weighted by molar-refractivity contribution is 0.0600. The fourth-order valence-electron chi connectivity index (χ4n) is 3.16. The average Bonchev–Trinajstić information content (AvgIpc) is 2.61. The number of hydrogen-bond acceptors (Lipinski definition) is 4. The van der Waals surface area contributed by atoms with Crippen LogP contribution in [0.2, 0.25) is 5.02 Å². The first kappa shape index (κ1) is 17.2. The molecule has 0 amide bonds. The maximum absolute atomic E-state index is 12.2. The van der Waals surface area contributed by atoms with Crippen molar-refractivity contribution >= 4 is 23.1 Å². The van der Waals surface area contributed by atoms with Crippen molar-refractivity contribution in [2.24, 2.45) is 0 Å². The van der Waals surface area contributed by atoms with E-state index in [0.717, 1.165) is 22.5 Å². The molecule has 1 aromatic heterocycles. The fourth-order valence-corrected chi connectivity index (χ4v) is 3.42. The predicted octanol–water partition coefficient (Wildman–Crippen LogP) is 4.54. The standard InChI is InChI=1S/C20H19ClN2O2/c1-12-11-16(14-7-4-5-9-17(14)21)18(13(2)23-12)19-15(20(24)25-3)8-6-10-22-19/h4-11,16,23H,1-3H3. The third kappa shape index (κ3) is 3.30. The molecule has 3 rings (SSSR count). The minimum atomic E-state index is -0.410. The van der Waals surface area contributed by atoms with Crippen molar-refractivity contribution in [1.29, 1.82) is 0 Å². The summed E-state index contributed by atoms with van der Waals surface area (Å²) >= 11 is 6.45. The van der Waals surface area contributed by atoms with Gasteiger partial charge in [-0.25, -0.2) is 4.79 Å². The number of dihydropyridines is 1. The highest BCUT2D eigenvalue weighted by Crippen LogP contribution is 2.41. The van der Waals surface area contributed by atoms with Gasteiger partial charge in [-0.3, -0.25) is 4.98 Å². The van der Waals surface area contributed by atoms with Crippen molar-refractivity contribution in [2.75, 3.05) is 7.11 Å². The van der Waals surface area contributed by atoms with Crippen LogP contribution in [0.1, 0.15) is 41.4 Å². The summed E-state index contributed by atoms with van der Waals surface area (Å²) < 4.78 is 4.93. The van der Waals surface area contributed by atoms with E-state index in [1.54, 1.807) is 18.3 Å². The Morgan fingerprint density at radius 2 is 1.96 bits per heavy atom. The largest absolute Gasteiger partial charge is 0.465 e. The van der Waals surface area contributed by atoms with Crippen LogP contribution in [0.15, 0.2) is 60.1 Å². The zero-order valence-electron chi connectivity index (χ0n) is 14.3. The van der Waals surface area contributed by atoms with Crippen molar-refractivity contribution in [3.8, 4) is 0 Å². The number of esters is 1. The van der Waals surface area contributed by atoms with Crippen molar-refractivity contribution in [2.45, 2.75) is 19.8 Å². The van der Waals surface area contributed by atoms with Crippen LogP contribution in [-0.4, -0.2) is 18.1 Å². The van der Waals surface area contributed by atoms with E-state index < -0.39 is 5.97 Å². The second kappa shape index (κ2) is 7.11. The first-order valence-electron chi connectivity index (χ1n) is 7.97. The van der Waals surface area contributed by atoms with Gasteiger partial charge in [0.1, 0.15) is 0 Å². The van der Waals surface area contributed by atoms with E-state index in [0.29, 0.717) is 16.3 Å². The van der Waals surface area contributed by atoms with Gasteiger partial charge in [0.15, 0.2) is 0 Å². The number of nitrogens with one attached hydrogen (secondary N) is 1. The number of benzene rings is 1. The van der Waals surface area contributed by atoms with Crippen LogP contribution in [-0.2, 0) is 4.74 Å². The molecule has 128 valence electrons. The maximum atomic E-state index is 12.2. The molecule has 0 aliphatic carbocycles. The van der Waals surface area contributed by atoms with Crippen LogP contribution in [0, 0.1) is 0 Å². The summed E-state index contributed by atoms with van der Waals surface area (Å²) in [4.78, 5) is 16.7. The van der Waals surface area contributed by atoms with E-state index in [9.17, 15) is 4.79 Å². The van der Waals surface area contributed by atoms with Crippen LogP contribution in [0.5, 0.6) is 0 Å². The Morgan fingerprint density at radius 1 is 1.20 bits per heavy atom. The third-order valence-corrected chi connectivity index (χ3v) is 4.57. The zero-order valence-corrected chi connectivity index (χ0v) is 15.1. The molecule has 1 aliphatic rings. The monoisotopic (exact) mass is 354 g/mol. The summed E-state index contributed by atoms with van der Waals surface area (Å²) in [5.74, 6) is -0.513. The smallest absolute Gasteiger partial charge is 0.340 e. The Morgan fingerprint density at radius 3 is 2.68 bits per heavy atom. The number of carbonyl (C=O) groups is 1. The molecule has 1 unspecified atom stereocenters. The first-order valence-corrected chi connectivity index (χ1v) is 8.35. The second-order valence-electron chi connectivity index (χ2n) is 5.90. The lowest BCUT2D eigenvalue weighted by Crippen LogP contribution is -2.21. The number of aromatic nitrogens is 1. The van der Waals surface area contributed by atoms with Gasteiger partial charge >= 0.3 is 5.97 Å². The lowest BCUT2D eigenvalue weighted by Gasteiger charge is -2.28. The van der Waals surface area contributed by atoms with E-state index in [-0.39, 0.29) is 5.92 Å². The maximum Gasteiger partial charge on any atom is 0.340 e. The molecule has 25 heavy (non-hydrogen) atoms. The predicted molar refractivity (Wildman–Crippen MR) is 99.3 cm³/mol. The fraction of sp³-hybridized carbons (Fsp3) is 0.200. The third-order valence-electron chi connectivity index (χ3n) is 4.22. The highest BCUT2D eigenvalue weighted by atomic mass is 35.5. The molecule has 1 aromatic carbocycles. The van der Waals surface area contributed by atoms with Crippen LogP contribution < -0.4 is 5.32 Å². The molecule has 1 atom stereocenters. The Labute approximate surface area is 152 Å². The number of halogens is 1. The van der Waals surface area contributed by atoms with E-state index in [4.69, 9.17) is 16.3 Å². The molecule has 2 aromatic rings. The van der Waals surface area contributed by atoms with E-state index >= 15 is 0 Å². The van der Waals surface area contributed by atoms with Gasteiger partial charge in [-0.2, -0.15) is 0 Å². The molecule has 0 saturated carbocycles. The van der Waals surface area contributed by atoms with E-state index in [1.807, 2.05) is 38.1 Å². The number of carbonyl (C=O) groups excluding carboxylic acids is 1. The summed E-state index contributed by atoms with van der Waals surface area (Å²) in [6, 6.07) is 11.2. The molecule has 0 radical (unpaired) electrons. The molecule has 4 nitrogen and oxygen atoms in total.